The lowest BCUT2D eigenvalue weighted by molar-refractivity contribution is 0.619. The lowest BCUT2D eigenvalue weighted by atomic mass is 9.99. The first-order valence-corrected chi connectivity index (χ1v) is 18.5. The molecule has 54 heavy (non-hydrogen) atoms. The molecule has 0 fully saturated rings. The van der Waals surface area contributed by atoms with E-state index in [4.69, 9.17) is 18.8 Å². The molecule has 0 radical (unpaired) electrons. The molecular formula is C47H28N4O2S. The Hall–Kier alpha value is -7.09. The number of thiophene rings is 1. The van der Waals surface area contributed by atoms with Gasteiger partial charge in [0.15, 0.2) is 11.2 Å². The van der Waals surface area contributed by atoms with E-state index in [0.29, 0.717) is 11.8 Å². The molecule has 254 valence electrons. The van der Waals surface area contributed by atoms with Gasteiger partial charge in [-0.05, 0) is 125 Å². The number of aromatic nitrogens is 3. The van der Waals surface area contributed by atoms with Crippen molar-refractivity contribution in [1.82, 2.24) is 15.0 Å². The van der Waals surface area contributed by atoms with Crippen molar-refractivity contribution in [2.24, 2.45) is 0 Å². The molecular weight excluding hydrogens is 685 g/mol. The second kappa shape index (κ2) is 12.3. The van der Waals surface area contributed by atoms with Crippen LogP contribution < -0.4 is 4.90 Å². The lowest BCUT2D eigenvalue weighted by Gasteiger charge is -2.26. The van der Waals surface area contributed by atoms with Gasteiger partial charge in [-0.2, -0.15) is 0 Å². The van der Waals surface area contributed by atoms with E-state index in [1.807, 2.05) is 72.3 Å². The Labute approximate surface area is 313 Å². The number of anilines is 3. The van der Waals surface area contributed by atoms with Gasteiger partial charge < -0.3 is 13.7 Å². The molecule has 0 bridgehead atoms. The summed E-state index contributed by atoms with van der Waals surface area (Å²) in [5.74, 6) is 1.20. The zero-order valence-electron chi connectivity index (χ0n) is 28.7. The highest BCUT2D eigenvalue weighted by Gasteiger charge is 2.17. The van der Waals surface area contributed by atoms with Gasteiger partial charge in [0.25, 0.3) is 0 Å². The number of rotatable bonds is 6. The van der Waals surface area contributed by atoms with Gasteiger partial charge >= 0.3 is 0 Å². The smallest absolute Gasteiger partial charge is 0.227 e. The first-order valence-electron chi connectivity index (χ1n) is 17.7. The number of fused-ring (bicyclic) bond motifs is 6. The predicted octanol–water partition coefficient (Wildman–Crippen LogP) is 13.4. The van der Waals surface area contributed by atoms with Crippen LogP contribution in [0.25, 0.3) is 87.2 Å². The largest absolute Gasteiger partial charge is 0.436 e. The van der Waals surface area contributed by atoms with Crippen LogP contribution in [0.15, 0.2) is 179 Å². The maximum Gasteiger partial charge on any atom is 0.227 e. The van der Waals surface area contributed by atoms with E-state index in [9.17, 15) is 0 Å². The van der Waals surface area contributed by atoms with Crippen molar-refractivity contribution in [2.75, 3.05) is 4.90 Å². The number of hydrogen-bond donors (Lipinski definition) is 0. The van der Waals surface area contributed by atoms with E-state index in [0.717, 1.165) is 55.8 Å². The second-order valence-electron chi connectivity index (χ2n) is 13.3. The Kier molecular flexibility index (Phi) is 6.93. The lowest BCUT2D eigenvalue weighted by Crippen LogP contribution is -2.09. The standard InChI is InChI=1S/C47H28N4O2S/c1-3-7-42-40(5-1)49-46(52-42)29-11-17-35(18-12-29)51(36-19-13-30(14-20-36)47-50-41-6-2-4-8-43(41)53-47)37-21-15-32-25-31(9-10-33(32)26-37)34-16-22-38-39-28-48-24-23-44(39)54-45(38)27-34/h1-28H. The topological polar surface area (TPSA) is 68.2 Å². The van der Waals surface area contributed by atoms with Gasteiger partial charge in [-0.3, -0.25) is 4.98 Å². The van der Waals surface area contributed by atoms with Crippen molar-refractivity contribution in [3.63, 3.8) is 0 Å². The highest BCUT2D eigenvalue weighted by molar-refractivity contribution is 7.25. The quantitative estimate of drug-likeness (QED) is 0.171. The summed E-state index contributed by atoms with van der Waals surface area (Å²) in [6.45, 7) is 0. The Morgan fingerprint density at radius 2 is 1.00 bits per heavy atom. The van der Waals surface area contributed by atoms with Crippen molar-refractivity contribution in [3.05, 3.63) is 170 Å². The molecule has 0 unspecified atom stereocenters. The van der Waals surface area contributed by atoms with Gasteiger partial charge in [-0.15, -0.1) is 11.3 Å². The third kappa shape index (κ3) is 5.21. The molecule has 0 atom stereocenters. The number of pyridine rings is 1. The fraction of sp³-hybridized carbons (Fsp3) is 0. The predicted molar refractivity (Wildman–Crippen MR) is 221 cm³/mol. The van der Waals surface area contributed by atoms with Gasteiger partial charge in [-0.25, -0.2) is 9.97 Å². The van der Waals surface area contributed by atoms with Crippen molar-refractivity contribution >= 4 is 81.5 Å². The SMILES string of the molecule is c1ccc2oc(-c3ccc(N(c4ccc(-c5nc6ccccc6o5)cc4)c4ccc5cc(-c6ccc7c(c6)sc6ccncc67)ccc5c4)cc3)nc2c1. The van der Waals surface area contributed by atoms with Crippen LogP contribution in [0.3, 0.4) is 0 Å². The zero-order chi connectivity index (χ0) is 35.6. The Morgan fingerprint density at radius 1 is 0.444 bits per heavy atom. The molecule has 0 aliphatic carbocycles. The Balaban J connectivity index is 0.972. The third-order valence-electron chi connectivity index (χ3n) is 10.0. The number of oxazole rings is 2. The molecule has 0 saturated carbocycles. The minimum atomic E-state index is 0.599. The van der Waals surface area contributed by atoms with Crippen molar-refractivity contribution in [1.29, 1.82) is 0 Å². The molecule has 11 aromatic rings. The van der Waals surface area contributed by atoms with E-state index in [-0.39, 0.29) is 0 Å². The zero-order valence-corrected chi connectivity index (χ0v) is 29.5. The summed E-state index contributed by atoms with van der Waals surface area (Å²) >= 11 is 1.81. The summed E-state index contributed by atoms with van der Waals surface area (Å²) in [6, 6.07) is 54.6. The van der Waals surface area contributed by atoms with Crippen LogP contribution in [0, 0.1) is 0 Å². The molecule has 4 aromatic heterocycles. The first-order chi connectivity index (χ1) is 26.7. The van der Waals surface area contributed by atoms with Crippen LogP contribution in [0.1, 0.15) is 0 Å². The number of para-hydroxylation sites is 4. The molecule has 0 spiro atoms. The van der Waals surface area contributed by atoms with E-state index in [1.54, 1.807) is 0 Å². The molecule has 0 saturated heterocycles. The van der Waals surface area contributed by atoms with Crippen molar-refractivity contribution in [2.45, 2.75) is 0 Å². The van der Waals surface area contributed by atoms with Crippen LogP contribution in [-0.2, 0) is 0 Å². The number of benzene rings is 7. The van der Waals surface area contributed by atoms with Gasteiger partial charge in [0.05, 0.1) is 0 Å². The molecule has 0 aliphatic rings. The van der Waals surface area contributed by atoms with Crippen LogP contribution in [0.2, 0.25) is 0 Å². The second-order valence-corrected chi connectivity index (χ2v) is 14.4. The molecule has 11 rings (SSSR count). The van der Waals surface area contributed by atoms with E-state index in [1.165, 1.54) is 36.7 Å². The molecule has 7 aromatic carbocycles. The number of nitrogens with zero attached hydrogens (tertiary/aromatic N) is 4. The normalized spacial score (nSPS) is 11.7. The van der Waals surface area contributed by atoms with Gasteiger partial charge in [0.2, 0.25) is 11.8 Å². The molecule has 0 N–H and O–H groups in total. The van der Waals surface area contributed by atoms with E-state index >= 15 is 0 Å². The third-order valence-corrected chi connectivity index (χ3v) is 11.2. The maximum absolute atomic E-state index is 6.08. The van der Waals surface area contributed by atoms with Crippen LogP contribution in [-0.4, -0.2) is 15.0 Å². The van der Waals surface area contributed by atoms with Crippen molar-refractivity contribution in [3.8, 4) is 34.0 Å². The highest BCUT2D eigenvalue weighted by Crippen LogP contribution is 2.40. The average molecular weight is 713 g/mol. The molecule has 4 heterocycles. The highest BCUT2D eigenvalue weighted by atomic mass is 32.1. The molecule has 0 aliphatic heterocycles. The van der Waals surface area contributed by atoms with E-state index < -0.39 is 0 Å². The minimum absolute atomic E-state index is 0.599. The van der Waals surface area contributed by atoms with Crippen LogP contribution >= 0.6 is 11.3 Å². The molecule has 6 nitrogen and oxygen atoms in total. The summed E-state index contributed by atoms with van der Waals surface area (Å²) in [5, 5.41) is 4.79. The maximum atomic E-state index is 6.08. The van der Waals surface area contributed by atoms with Crippen LogP contribution in [0.5, 0.6) is 0 Å². The Morgan fingerprint density at radius 3 is 1.67 bits per heavy atom. The monoisotopic (exact) mass is 712 g/mol. The van der Waals surface area contributed by atoms with Gasteiger partial charge in [-0.1, -0.05) is 54.6 Å². The fourth-order valence-corrected chi connectivity index (χ4v) is 8.41. The van der Waals surface area contributed by atoms with E-state index in [2.05, 4.69) is 119 Å². The van der Waals surface area contributed by atoms with Gasteiger partial charge in [0.1, 0.15) is 11.0 Å². The Bertz CT molecular complexity index is 2990. The van der Waals surface area contributed by atoms with Crippen molar-refractivity contribution < 1.29 is 8.83 Å². The summed E-state index contributed by atoms with van der Waals surface area (Å²) in [7, 11) is 0. The summed E-state index contributed by atoms with van der Waals surface area (Å²) in [5.41, 5.74) is 10.5. The first kappa shape index (κ1) is 30.5. The number of hydrogen-bond acceptors (Lipinski definition) is 7. The summed E-state index contributed by atoms with van der Waals surface area (Å²) < 4.78 is 14.7. The van der Waals surface area contributed by atoms with Crippen LogP contribution in [0.4, 0.5) is 17.1 Å². The summed E-state index contributed by atoms with van der Waals surface area (Å²) in [4.78, 5) is 16.1. The fourth-order valence-electron chi connectivity index (χ4n) is 7.30. The molecule has 0 amide bonds. The molecule has 7 heteroatoms. The summed E-state index contributed by atoms with van der Waals surface area (Å²) in [6.07, 6.45) is 3.82. The van der Waals surface area contributed by atoms with Gasteiger partial charge in [0, 0.05) is 60.8 Å². The minimum Gasteiger partial charge on any atom is -0.436 e. The average Bonchev–Trinajstić information content (AvgIpc) is 3.96.